The van der Waals surface area contributed by atoms with Gasteiger partial charge in [-0.15, -0.1) is 0 Å². The number of amides is 2. The van der Waals surface area contributed by atoms with Crippen LogP contribution >= 0.6 is 0 Å². The van der Waals surface area contributed by atoms with E-state index in [1.165, 1.54) is 6.07 Å². The van der Waals surface area contributed by atoms with E-state index < -0.39 is 18.7 Å². The minimum atomic E-state index is -2.93. The van der Waals surface area contributed by atoms with Crippen LogP contribution in [0.4, 0.5) is 13.6 Å². The summed E-state index contributed by atoms with van der Waals surface area (Å²) in [6.45, 7) is 1.28. The van der Waals surface area contributed by atoms with Gasteiger partial charge in [-0.1, -0.05) is 24.3 Å². The molecule has 2 aromatic rings. The average molecular weight is 365 g/mol. The van der Waals surface area contributed by atoms with Crippen molar-refractivity contribution in [2.45, 2.75) is 33.0 Å². The molecular formula is C18H21F2N3O3. The second-order valence-electron chi connectivity index (χ2n) is 5.37. The van der Waals surface area contributed by atoms with Crippen LogP contribution in [0.3, 0.4) is 0 Å². The lowest BCUT2D eigenvalue weighted by Gasteiger charge is -2.18. The lowest BCUT2D eigenvalue weighted by atomic mass is 10.1. The Labute approximate surface area is 150 Å². The van der Waals surface area contributed by atoms with Crippen molar-refractivity contribution in [3.8, 4) is 11.6 Å². The third-order valence-corrected chi connectivity index (χ3v) is 3.52. The Morgan fingerprint density at radius 2 is 2.00 bits per heavy atom. The maximum absolute atomic E-state index is 12.5. The lowest BCUT2D eigenvalue weighted by molar-refractivity contribution is -0.0506. The summed E-state index contributed by atoms with van der Waals surface area (Å²) in [4.78, 5) is 16.2. The molecule has 0 saturated carbocycles. The van der Waals surface area contributed by atoms with Gasteiger partial charge in [0.2, 0.25) is 5.88 Å². The van der Waals surface area contributed by atoms with Gasteiger partial charge in [0.1, 0.15) is 5.75 Å². The van der Waals surface area contributed by atoms with E-state index >= 15 is 0 Å². The van der Waals surface area contributed by atoms with Gasteiger partial charge < -0.3 is 20.1 Å². The third-order valence-electron chi connectivity index (χ3n) is 3.52. The number of hydrogen-bond donors (Lipinski definition) is 2. The average Bonchev–Trinajstić information content (AvgIpc) is 2.61. The molecule has 2 N–H and O–H groups in total. The topological polar surface area (TPSA) is 72.5 Å². The molecule has 2 rings (SSSR count). The first-order chi connectivity index (χ1) is 12.5. The standard InChI is InChI=1S/C18H21F2N3O3/c1-3-25-16-13(7-6-10-21-16)11-22-18(24)23-12(2)14-8-4-5-9-15(14)26-17(19)20/h4-10,12,17H,3,11H2,1-2H3,(H2,22,23,24)/t12-/m1/s1. The highest BCUT2D eigenvalue weighted by atomic mass is 19.3. The molecule has 0 aliphatic heterocycles. The van der Waals surface area contributed by atoms with E-state index in [4.69, 9.17) is 4.74 Å². The van der Waals surface area contributed by atoms with Crippen LogP contribution in [-0.4, -0.2) is 24.2 Å². The van der Waals surface area contributed by atoms with Crippen molar-refractivity contribution in [2.24, 2.45) is 0 Å². The monoisotopic (exact) mass is 365 g/mol. The van der Waals surface area contributed by atoms with Crippen LogP contribution in [0, 0.1) is 0 Å². The first kappa shape index (κ1) is 19.4. The first-order valence-corrected chi connectivity index (χ1v) is 8.16. The van der Waals surface area contributed by atoms with Crippen LogP contribution in [0.25, 0.3) is 0 Å². The highest BCUT2D eigenvalue weighted by molar-refractivity contribution is 5.74. The van der Waals surface area contributed by atoms with Crippen LogP contribution in [0.2, 0.25) is 0 Å². The van der Waals surface area contributed by atoms with Crippen molar-refractivity contribution in [3.63, 3.8) is 0 Å². The Bertz CT molecular complexity index is 728. The smallest absolute Gasteiger partial charge is 0.387 e. The summed E-state index contributed by atoms with van der Waals surface area (Å²) in [5.41, 5.74) is 1.19. The van der Waals surface area contributed by atoms with E-state index in [-0.39, 0.29) is 12.3 Å². The molecule has 6 nitrogen and oxygen atoms in total. The van der Waals surface area contributed by atoms with Crippen LogP contribution in [-0.2, 0) is 6.54 Å². The molecule has 0 aliphatic carbocycles. The molecule has 0 unspecified atom stereocenters. The Kier molecular flexibility index (Phi) is 7.13. The number of halogens is 2. The minimum Gasteiger partial charge on any atom is -0.478 e. The summed E-state index contributed by atoms with van der Waals surface area (Å²) in [7, 11) is 0. The summed E-state index contributed by atoms with van der Waals surface area (Å²) in [6, 6.07) is 8.91. The molecule has 0 bridgehead atoms. The number of aromatic nitrogens is 1. The van der Waals surface area contributed by atoms with Gasteiger partial charge in [0.25, 0.3) is 0 Å². The molecule has 1 aromatic carbocycles. The zero-order valence-corrected chi connectivity index (χ0v) is 14.5. The Balaban J connectivity index is 1.96. The van der Waals surface area contributed by atoms with Crippen molar-refractivity contribution < 1.29 is 23.0 Å². The van der Waals surface area contributed by atoms with Crippen molar-refractivity contribution >= 4 is 6.03 Å². The molecular weight excluding hydrogens is 344 g/mol. The van der Waals surface area contributed by atoms with E-state index in [0.717, 1.165) is 5.56 Å². The molecule has 26 heavy (non-hydrogen) atoms. The van der Waals surface area contributed by atoms with Crippen molar-refractivity contribution in [2.75, 3.05) is 6.61 Å². The predicted molar refractivity (Wildman–Crippen MR) is 92.3 cm³/mol. The SMILES string of the molecule is CCOc1ncccc1CNC(=O)N[C@H](C)c1ccccc1OC(F)F. The van der Waals surface area contributed by atoms with E-state index in [1.807, 2.05) is 6.92 Å². The van der Waals surface area contributed by atoms with Crippen LogP contribution in [0.15, 0.2) is 42.6 Å². The number of alkyl halides is 2. The minimum absolute atomic E-state index is 0.0289. The van der Waals surface area contributed by atoms with Crippen molar-refractivity contribution in [1.29, 1.82) is 0 Å². The van der Waals surface area contributed by atoms with Gasteiger partial charge in [-0.3, -0.25) is 0 Å². The number of benzene rings is 1. The Morgan fingerprint density at radius 3 is 2.73 bits per heavy atom. The second kappa shape index (κ2) is 9.55. The molecule has 0 radical (unpaired) electrons. The highest BCUT2D eigenvalue weighted by Crippen LogP contribution is 2.26. The number of carbonyl (C=O) groups excluding carboxylic acids is 1. The second-order valence-corrected chi connectivity index (χ2v) is 5.37. The van der Waals surface area contributed by atoms with Gasteiger partial charge >= 0.3 is 12.6 Å². The zero-order chi connectivity index (χ0) is 18.9. The quantitative estimate of drug-likeness (QED) is 0.749. The Hall–Kier alpha value is -2.90. The fraction of sp³-hybridized carbons (Fsp3) is 0.333. The molecule has 1 aromatic heterocycles. The number of urea groups is 1. The van der Waals surface area contributed by atoms with Gasteiger partial charge in [-0.25, -0.2) is 9.78 Å². The maximum Gasteiger partial charge on any atom is 0.387 e. The fourth-order valence-electron chi connectivity index (χ4n) is 2.37. The largest absolute Gasteiger partial charge is 0.478 e. The zero-order valence-electron chi connectivity index (χ0n) is 14.5. The number of pyridine rings is 1. The van der Waals surface area contributed by atoms with Gasteiger partial charge in [0, 0.05) is 23.9 Å². The molecule has 0 spiro atoms. The molecule has 140 valence electrons. The lowest BCUT2D eigenvalue weighted by Crippen LogP contribution is -2.36. The maximum atomic E-state index is 12.5. The summed E-state index contributed by atoms with van der Waals surface area (Å²) in [6.07, 6.45) is 1.61. The number of hydrogen-bond acceptors (Lipinski definition) is 4. The summed E-state index contributed by atoms with van der Waals surface area (Å²) in [5, 5.41) is 5.40. The molecule has 1 atom stereocenters. The van der Waals surface area contributed by atoms with E-state index in [2.05, 4.69) is 20.4 Å². The summed E-state index contributed by atoms with van der Waals surface area (Å²) in [5.74, 6) is 0.486. The third kappa shape index (κ3) is 5.58. The fourth-order valence-corrected chi connectivity index (χ4v) is 2.37. The number of rotatable bonds is 8. The van der Waals surface area contributed by atoms with Crippen LogP contribution in [0.5, 0.6) is 11.6 Å². The molecule has 0 fully saturated rings. The number of ether oxygens (including phenoxy) is 2. The number of nitrogens with one attached hydrogen (secondary N) is 2. The number of carbonyl (C=O) groups is 1. The molecule has 1 heterocycles. The van der Waals surface area contributed by atoms with E-state index in [1.54, 1.807) is 43.5 Å². The molecule has 8 heteroatoms. The van der Waals surface area contributed by atoms with E-state index in [9.17, 15) is 13.6 Å². The molecule has 0 aliphatic rings. The number of para-hydroxylation sites is 1. The van der Waals surface area contributed by atoms with Crippen molar-refractivity contribution in [3.05, 3.63) is 53.7 Å². The van der Waals surface area contributed by atoms with E-state index in [0.29, 0.717) is 18.1 Å². The summed E-state index contributed by atoms with van der Waals surface area (Å²) >= 11 is 0. The van der Waals surface area contributed by atoms with Gasteiger partial charge in [0.05, 0.1) is 12.6 Å². The normalized spacial score (nSPS) is 11.7. The van der Waals surface area contributed by atoms with Crippen LogP contribution in [0.1, 0.15) is 31.0 Å². The molecule has 0 saturated heterocycles. The van der Waals surface area contributed by atoms with Crippen molar-refractivity contribution in [1.82, 2.24) is 15.6 Å². The Morgan fingerprint density at radius 1 is 1.23 bits per heavy atom. The number of nitrogens with zero attached hydrogens (tertiary/aromatic N) is 1. The first-order valence-electron chi connectivity index (χ1n) is 8.16. The van der Waals surface area contributed by atoms with Gasteiger partial charge in [-0.2, -0.15) is 8.78 Å². The predicted octanol–water partition coefficient (Wildman–Crippen LogP) is 3.64. The molecule has 2 amide bonds. The van der Waals surface area contributed by atoms with Crippen LogP contribution < -0.4 is 20.1 Å². The summed E-state index contributed by atoms with van der Waals surface area (Å²) < 4.78 is 34.9. The van der Waals surface area contributed by atoms with Gasteiger partial charge in [0.15, 0.2) is 0 Å². The van der Waals surface area contributed by atoms with Gasteiger partial charge in [-0.05, 0) is 26.0 Å². The highest BCUT2D eigenvalue weighted by Gasteiger charge is 2.16.